The molecule has 3 rings (SSSR count). The van der Waals surface area contributed by atoms with Crippen LogP contribution in [0.2, 0.25) is 0 Å². The number of carbonyl (C=O) groups excluding carboxylic acids is 1. The lowest BCUT2D eigenvalue weighted by molar-refractivity contribution is 0.102. The molecule has 0 aliphatic rings. The van der Waals surface area contributed by atoms with E-state index in [9.17, 15) is 4.79 Å². The van der Waals surface area contributed by atoms with Gasteiger partial charge in [-0.15, -0.1) is 0 Å². The first kappa shape index (κ1) is 19.7. The monoisotopic (exact) mass is 377 g/mol. The molecule has 0 saturated carbocycles. The molecule has 0 fully saturated rings. The van der Waals surface area contributed by atoms with Crippen molar-refractivity contribution >= 4 is 17.4 Å². The number of nitrogens with zero attached hydrogens (tertiary/aromatic N) is 1. The number of nitrogens with one attached hydrogen (secondary N) is 2. The number of furan rings is 1. The molecule has 0 unspecified atom stereocenters. The van der Waals surface area contributed by atoms with Crippen LogP contribution < -0.4 is 10.6 Å². The summed E-state index contributed by atoms with van der Waals surface area (Å²) in [7, 11) is 0. The predicted molar refractivity (Wildman–Crippen MR) is 113 cm³/mol. The molecule has 28 heavy (non-hydrogen) atoms. The fourth-order valence-electron chi connectivity index (χ4n) is 3.10. The Morgan fingerprint density at radius 2 is 1.71 bits per heavy atom. The number of anilines is 2. The van der Waals surface area contributed by atoms with Crippen molar-refractivity contribution in [3.63, 3.8) is 0 Å². The molecular weight excluding hydrogens is 350 g/mol. The molecule has 5 nitrogen and oxygen atoms in total. The highest BCUT2D eigenvalue weighted by molar-refractivity contribution is 6.05. The van der Waals surface area contributed by atoms with Gasteiger partial charge in [-0.2, -0.15) is 0 Å². The van der Waals surface area contributed by atoms with Gasteiger partial charge in [-0.3, -0.25) is 4.79 Å². The summed E-state index contributed by atoms with van der Waals surface area (Å²) in [6.45, 7) is 9.09. The summed E-state index contributed by atoms with van der Waals surface area (Å²) in [6, 6.07) is 13.5. The van der Waals surface area contributed by atoms with Gasteiger partial charge < -0.3 is 15.1 Å². The Bertz CT molecular complexity index is 887. The maximum Gasteiger partial charge on any atom is 0.257 e. The average molecular weight is 377 g/mol. The summed E-state index contributed by atoms with van der Waals surface area (Å²) in [5.41, 5.74) is 3.72. The Kier molecular flexibility index (Phi) is 6.14. The maximum atomic E-state index is 12.8. The molecule has 146 valence electrons. The number of aromatic nitrogens is 1. The van der Waals surface area contributed by atoms with Gasteiger partial charge in [0.2, 0.25) is 0 Å². The van der Waals surface area contributed by atoms with Crippen LogP contribution in [0.1, 0.15) is 66.8 Å². The van der Waals surface area contributed by atoms with E-state index in [1.54, 1.807) is 24.6 Å². The summed E-state index contributed by atoms with van der Waals surface area (Å²) in [5, 5.41) is 6.29. The van der Waals surface area contributed by atoms with Crippen LogP contribution in [-0.4, -0.2) is 10.9 Å². The maximum absolute atomic E-state index is 12.8. The van der Waals surface area contributed by atoms with Gasteiger partial charge >= 0.3 is 0 Å². The molecule has 5 heteroatoms. The third kappa shape index (κ3) is 4.60. The minimum absolute atomic E-state index is 0.153. The van der Waals surface area contributed by atoms with Gasteiger partial charge in [-0.1, -0.05) is 45.9 Å². The van der Waals surface area contributed by atoms with E-state index in [4.69, 9.17) is 4.42 Å². The first-order chi connectivity index (χ1) is 13.5. The van der Waals surface area contributed by atoms with Crippen molar-refractivity contribution in [1.82, 2.24) is 4.98 Å². The predicted octanol–water partition coefficient (Wildman–Crippen LogP) is 5.79. The van der Waals surface area contributed by atoms with Gasteiger partial charge in [0.05, 0.1) is 18.4 Å². The molecular formula is C23H27N3O2. The molecule has 0 aliphatic carbocycles. The van der Waals surface area contributed by atoms with E-state index in [1.807, 2.05) is 12.1 Å². The van der Waals surface area contributed by atoms with Crippen LogP contribution in [-0.2, 0) is 6.54 Å². The van der Waals surface area contributed by atoms with E-state index in [0.29, 0.717) is 29.8 Å². The average Bonchev–Trinajstić information content (AvgIpc) is 3.20. The molecule has 0 saturated heterocycles. The van der Waals surface area contributed by atoms with Gasteiger partial charge in [0, 0.05) is 11.9 Å². The molecule has 0 aliphatic heterocycles. The third-order valence-electron chi connectivity index (χ3n) is 4.66. The van der Waals surface area contributed by atoms with E-state index in [0.717, 1.165) is 22.6 Å². The zero-order chi connectivity index (χ0) is 20.1. The SMILES string of the molecule is CC(C)c1cccc(C(C)C)c1NC(=O)c1ccc(NCc2ccco2)nc1. The van der Waals surface area contributed by atoms with Crippen molar-refractivity contribution in [2.24, 2.45) is 0 Å². The number of amides is 1. The quantitative estimate of drug-likeness (QED) is 0.547. The molecule has 1 amide bonds. The lowest BCUT2D eigenvalue weighted by atomic mass is 9.92. The number of para-hydroxylation sites is 1. The number of carbonyl (C=O) groups is 1. The highest BCUT2D eigenvalue weighted by atomic mass is 16.3. The molecule has 0 spiro atoms. The molecule has 0 radical (unpaired) electrons. The van der Waals surface area contributed by atoms with Crippen molar-refractivity contribution < 1.29 is 9.21 Å². The van der Waals surface area contributed by atoms with Crippen molar-refractivity contribution in [3.05, 3.63) is 77.4 Å². The molecule has 2 aromatic heterocycles. The summed E-state index contributed by atoms with van der Waals surface area (Å²) in [5.74, 6) is 2.01. The van der Waals surface area contributed by atoms with Crippen LogP contribution in [0.5, 0.6) is 0 Å². The summed E-state index contributed by atoms with van der Waals surface area (Å²) >= 11 is 0. The van der Waals surface area contributed by atoms with E-state index in [-0.39, 0.29) is 5.91 Å². The van der Waals surface area contributed by atoms with Gasteiger partial charge in [-0.05, 0) is 47.2 Å². The van der Waals surface area contributed by atoms with E-state index in [1.165, 1.54) is 0 Å². The lowest BCUT2D eigenvalue weighted by Crippen LogP contribution is -2.16. The molecule has 0 bridgehead atoms. The van der Waals surface area contributed by atoms with Crippen molar-refractivity contribution in [2.75, 3.05) is 10.6 Å². The Morgan fingerprint density at radius 1 is 1.00 bits per heavy atom. The molecule has 2 N–H and O–H groups in total. The van der Waals surface area contributed by atoms with Gasteiger partial charge in [0.1, 0.15) is 11.6 Å². The number of pyridine rings is 1. The first-order valence-corrected chi connectivity index (χ1v) is 9.62. The van der Waals surface area contributed by atoms with E-state index >= 15 is 0 Å². The number of hydrogen-bond acceptors (Lipinski definition) is 4. The molecule has 1 aromatic carbocycles. The van der Waals surface area contributed by atoms with Crippen molar-refractivity contribution in [3.8, 4) is 0 Å². The Balaban J connectivity index is 1.74. The minimum atomic E-state index is -0.153. The fraction of sp³-hybridized carbons (Fsp3) is 0.304. The summed E-state index contributed by atoms with van der Waals surface area (Å²) < 4.78 is 5.29. The van der Waals surface area contributed by atoms with E-state index < -0.39 is 0 Å². The zero-order valence-electron chi connectivity index (χ0n) is 16.8. The van der Waals surface area contributed by atoms with Crippen LogP contribution in [0.4, 0.5) is 11.5 Å². The van der Waals surface area contributed by atoms with Crippen LogP contribution in [0.3, 0.4) is 0 Å². The summed E-state index contributed by atoms with van der Waals surface area (Å²) in [6.07, 6.45) is 3.23. The first-order valence-electron chi connectivity index (χ1n) is 9.62. The molecule has 2 heterocycles. The van der Waals surface area contributed by atoms with Crippen LogP contribution in [0, 0.1) is 0 Å². The second-order valence-electron chi connectivity index (χ2n) is 7.44. The molecule has 3 aromatic rings. The van der Waals surface area contributed by atoms with Crippen molar-refractivity contribution in [2.45, 2.75) is 46.1 Å². The second kappa shape index (κ2) is 8.74. The second-order valence-corrected chi connectivity index (χ2v) is 7.44. The topological polar surface area (TPSA) is 67.2 Å². The van der Waals surface area contributed by atoms with Gasteiger partial charge in [-0.25, -0.2) is 4.98 Å². The highest BCUT2D eigenvalue weighted by Crippen LogP contribution is 2.32. The lowest BCUT2D eigenvalue weighted by Gasteiger charge is -2.20. The summed E-state index contributed by atoms with van der Waals surface area (Å²) in [4.78, 5) is 17.2. The highest BCUT2D eigenvalue weighted by Gasteiger charge is 2.17. The Morgan fingerprint density at radius 3 is 2.25 bits per heavy atom. The van der Waals surface area contributed by atoms with Crippen molar-refractivity contribution in [1.29, 1.82) is 0 Å². The van der Waals surface area contributed by atoms with Gasteiger partial charge in [0.15, 0.2) is 0 Å². The normalized spacial score (nSPS) is 11.1. The van der Waals surface area contributed by atoms with Crippen LogP contribution >= 0.6 is 0 Å². The Labute approximate surface area is 166 Å². The fourth-order valence-corrected chi connectivity index (χ4v) is 3.10. The van der Waals surface area contributed by atoms with Crippen LogP contribution in [0.15, 0.2) is 59.3 Å². The number of rotatable bonds is 7. The zero-order valence-corrected chi connectivity index (χ0v) is 16.8. The van der Waals surface area contributed by atoms with E-state index in [2.05, 4.69) is 61.5 Å². The molecule has 0 atom stereocenters. The Hall–Kier alpha value is -3.08. The number of hydrogen-bond donors (Lipinski definition) is 2. The van der Waals surface area contributed by atoms with Crippen LogP contribution in [0.25, 0.3) is 0 Å². The van der Waals surface area contributed by atoms with Gasteiger partial charge in [0.25, 0.3) is 5.91 Å². The third-order valence-corrected chi connectivity index (χ3v) is 4.66. The smallest absolute Gasteiger partial charge is 0.257 e. The number of benzene rings is 1. The standard InChI is InChI=1S/C23H27N3O2/c1-15(2)19-8-5-9-20(16(3)4)22(19)26-23(27)17-10-11-21(24-13-17)25-14-18-7-6-12-28-18/h5-13,15-16H,14H2,1-4H3,(H,24,25)(H,26,27). The largest absolute Gasteiger partial charge is 0.467 e. The minimum Gasteiger partial charge on any atom is -0.467 e.